The summed E-state index contributed by atoms with van der Waals surface area (Å²) in [4.78, 5) is 11.2. The van der Waals surface area contributed by atoms with E-state index in [-0.39, 0.29) is 5.82 Å². The molecule has 3 nitrogen and oxygen atoms in total. The van der Waals surface area contributed by atoms with Crippen LogP contribution in [-0.2, 0) is 15.1 Å². The van der Waals surface area contributed by atoms with Gasteiger partial charge in [0.2, 0.25) is 0 Å². The first-order chi connectivity index (χ1) is 10.4. The summed E-state index contributed by atoms with van der Waals surface area (Å²) in [5.41, 5.74) is -0.461. The smallest absolute Gasteiger partial charge is 0.304 e. The van der Waals surface area contributed by atoms with Gasteiger partial charge in [-0.1, -0.05) is 18.1 Å². The highest BCUT2D eigenvalue weighted by atomic mass is 19.1. The summed E-state index contributed by atoms with van der Waals surface area (Å²) in [6.45, 7) is 2.95. The van der Waals surface area contributed by atoms with Crippen molar-refractivity contribution in [2.45, 2.75) is 19.4 Å². The van der Waals surface area contributed by atoms with Gasteiger partial charge in [0.1, 0.15) is 17.3 Å². The zero-order chi connectivity index (χ0) is 16.2. The van der Waals surface area contributed by atoms with Gasteiger partial charge in [-0.2, -0.15) is 0 Å². The minimum atomic E-state index is -1.12. The molecule has 0 bridgehead atoms. The Balaban J connectivity index is 2.17. The molecule has 2 rings (SSSR count). The Bertz CT molecular complexity index is 699. The van der Waals surface area contributed by atoms with Crippen molar-refractivity contribution < 1.29 is 18.7 Å². The average molecular weight is 298 g/mol. The van der Waals surface area contributed by atoms with E-state index in [9.17, 15) is 9.18 Å². The number of halogens is 1. The van der Waals surface area contributed by atoms with E-state index in [0.717, 1.165) is 0 Å². The molecule has 22 heavy (non-hydrogen) atoms. The Hall–Kier alpha value is -2.80. The normalized spacial score (nSPS) is 12.8. The molecule has 0 aliphatic heterocycles. The highest BCUT2D eigenvalue weighted by Gasteiger charge is 2.27. The van der Waals surface area contributed by atoms with Crippen molar-refractivity contribution in [3.8, 4) is 23.8 Å². The van der Waals surface area contributed by atoms with Gasteiger partial charge >= 0.3 is 5.97 Å². The van der Waals surface area contributed by atoms with Crippen LogP contribution < -0.4 is 4.74 Å². The molecule has 0 aliphatic carbocycles. The Labute approximate surface area is 128 Å². The maximum absolute atomic E-state index is 12.8. The first kappa shape index (κ1) is 15.6. The molecule has 0 spiro atoms. The summed E-state index contributed by atoms with van der Waals surface area (Å²) >= 11 is 0. The Morgan fingerprint density at radius 3 is 2.05 bits per heavy atom. The quantitative estimate of drug-likeness (QED) is 0.631. The molecule has 0 saturated heterocycles. The van der Waals surface area contributed by atoms with Crippen LogP contribution in [-0.4, -0.2) is 5.97 Å². The lowest BCUT2D eigenvalue weighted by atomic mass is 9.96. The van der Waals surface area contributed by atoms with Gasteiger partial charge < -0.3 is 9.47 Å². The fourth-order valence-electron chi connectivity index (χ4n) is 1.94. The Kier molecular flexibility index (Phi) is 4.47. The molecule has 0 aliphatic rings. The van der Waals surface area contributed by atoms with Crippen molar-refractivity contribution in [3.63, 3.8) is 0 Å². The molecular weight excluding hydrogens is 283 g/mol. The predicted molar refractivity (Wildman–Crippen MR) is 80.9 cm³/mol. The van der Waals surface area contributed by atoms with Crippen molar-refractivity contribution in [1.29, 1.82) is 0 Å². The van der Waals surface area contributed by atoms with Crippen LogP contribution in [0.4, 0.5) is 4.39 Å². The number of hydrogen-bond donors (Lipinski definition) is 0. The fraction of sp³-hybridized carbons (Fsp3) is 0.167. The molecule has 0 saturated carbocycles. The van der Waals surface area contributed by atoms with Gasteiger partial charge in [0.05, 0.1) is 0 Å². The molecule has 0 heterocycles. The molecule has 4 heteroatoms. The van der Waals surface area contributed by atoms with E-state index in [2.05, 4.69) is 5.92 Å². The van der Waals surface area contributed by atoms with Crippen LogP contribution in [0.1, 0.15) is 19.4 Å². The van der Waals surface area contributed by atoms with Crippen molar-refractivity contribution in [2.24, 2.45) is 0 Å². The summed E-state index contributed by atoms with van der Waals surface area (Å²) in [6, 6.07) is 12.6. The van der Waals surface area contributed by atoms with Crippen LogP contribution in [0.3, 0.4) is 0 Å². The van der Waals surface area contributed by atoms with Gasteiger partial charge in [-0.15, -0.1) is 6.42 Å². The van der Waals surface area contributed by atoms with Crippen molar-refractivity contribution in [1.82, 2.24) is 0 Å². The largest absolute Gasteiger partial charge is 0.457 e. The number of carbonyl (C=O) groups excluding carboxylic acids is 1. The Morgan fingerprint density at radius 2 is 1.59 bits per heavy atom. The number of esters is 1. The van der Waals surface area contributed by atoms with Crippen molar-refractivity contribution in [2.75, 3.05) is 0 Å². The minimum absolute atomic E-state index is 0.325. The van der Waals surface area contributed by atoms with Crippen LogP contribution in [0, 0.1) is 18.2 Å². The lowest BCUT2D eigenvalue weighted by Crippen LogP contribution is -2.26. The number of benzene rings is 2. The van der Waals surface area contributed by atoms with Crippen LogP contribution in [0.15, 0.2) is 48.5 Å². The number of carbonyl (C=O) groups is 1. The van der Waals surface area contributed by atoms with Gasteiger partial charge in [0.25, 0.3) is 0 Å². The molecule has 2 aromatic rings. The molecule has 0 fully saturated rings. The van der Waals surface area contributed by atoms with Crippen LogP contribution >= 0.6 is 0 Å². The number of hydrogen-bond acceptors (Lipinski definition) is 3. The van der Waals surface area contributed by atoms with Gasteiger partial charge in [-0.25, -0.2) is 4.39 Å². The van der Waals surface area contributed by atoms with Crippen LogP contribution in [0.2, 0.25) is 0 Å². The van der Waals surface area contributed by atoms with Crippen molar-refractivity contribution in [3.05, 3.63) is 59.9 Å². The Morgan fingerprint density at radius 1 is 1.09 bits per heavy atom. The predicted octanol–water partition coefficient (Wildman–Crippen LogP) is 4.03. The summed E-state index contributed by atoms with van der Waals surface area (Å²) in [7, 11) is 0. The zero-order valence-corrected chi connectivity index (χ0v) is 12.3. The highest BCUT2D eigenvalue weighted by molar-refractivity contribution is 5.67. The summed E-state index contributed by atoms with van der Waals surface area (Å²) in [6.07, 6.45) is 5.47. The molecule has 0 amide bonds. The maximum atomic E-state index is 12.8. The summed E-state index contributed by atoms with van der Waals surface area (Å²) in [5, 5.41) is 0. The monoisotopic (exact) mass is 298 g/mol. The molecule has 2 aromatic carbocycles. The second-order valence-electron chi connectivity index (χ2n) is 4.85. The topological polar surface area (TPSA) is 35.5 Å². The molecule has 0 aromatic heterocycles. The SMILES string of the molecule is C#CC(C)(OC(C)=O)c1ccc(Oc2ccc(F)cc2)cc1. The van der Waals surface area contributed by atoms with Crippen LogP contribution in [0.5, 0.6) is 11.5 Å². The zero-order valence-electron chi connectivity index (χ0n) is 12.3. The second-order valence-corrected chi connectivity index (χ2v) is 4.85. The maximum Gasteiger partial charge on any atom is 0.304 e. The molecule has 1 unspecified atom stereocenters. The lowest BCUT2D eigenvalue weighted by molar-refractivity contribution is -0.151. The van der Waals surface area contributed by atoms with E-state index in [0.29, 0.717) is 17.1 Å². The minimum Gasteiger partial charge on any atom is -0.457 e. The molecule has 0 radical (unpaired) electrons. The molecule has 112 valence electrons. The van der Waals surface area contributed by atoms with Gasteiger partial charge in [-0.05, 0) is 43.3 Å². The van der Waals surface area contributed by atoms with E-state index in [1.807, 2.05) is 0 Å². The first-order valence-electron chi connectivity index (χ1n) is 6.64. The fourth-order valence-corrected chi connectivity index (χ4v) is 1.94. The standard InChI is InChI=1S/C18H15FO3/c1-4-18(3,22-13(2)20)14-5-9-16(10-6-14)21-17-11-7-15(19)8-12-17/h1,5-12H,2-3H3. The first-order valence-corrected chi connectivity index (χ1v) is 6.64. The lowest BCUT2D eigenvalue weighted by Gasteiger charge is -2.23. The van der Waals surface area contributed by atoms with Gasteiger partial charge in [0.15, 0.2) is 5.60 Å². The molecule has 1 atom stereocenters. The van der Waals surface area contributed by atoms with Gasteiger partial charge in [-0.3, -0.25) is 4.79 Å². The third-order valence-corrected chi connectivity index (χ3v) is 3.08. The van der Waals surface area contributed by atoms with E-state index >= 15 is 0 Å². The van der Waals surface area contributed by atoms with E-state index in [1.165, 1.54) is 31.2 Å². The average Bonchev–Trinajstić information content (AvgIpc) is 2.49. The van der Waals surface area contributed by atoms with Crippen molar-refractivity contribution >= 4 is 5.97 Å². The third kappa shape index (κ3) is 3.64. The number of terminal acetylenes is 1. The number of ether oxygens (including phenoxy) is 2. The van der Waals surface area contributed by atoms with E-state index in [1.54, 1.807) is 31.2 Å². The van der Waals surface area contributed by atoms with Crippen LogP contribution in [0.25, 0.3) is 0 Å². The van der Waals surface area contributed by atoms with E-state index in [4.69, 9.17) is 15.9 Å². The highest BCUT2D eigenvalue weighted by Crippen LogP contribution is 2.28. The molecular formula is C18H15FO3. The summed E-state index contributed by atoms with van der Waals surface area (Å²) in [5.74, 6) is 2.79. The number of rotatable bonds is 4. The van der Waals surface area contributed by atoms with Gasteiger partial charge in [0, 0.05) is 12.5 Å². The summed E-state index contributed by atoms with van der Waals surface area (Å²) < 4.78 is 23.6. The third-order valence-electron chi connectivity index (χ3n) is 3.08. The van der Waals surface area contributed by atoms with E-state index < -0.39 is 11.6 Å². The second kappa shape index (κ2) is 6.31. The molecule has 0 N–H and O–H groups in total.